The molecule has 0 spiro atoms. The lowest BCUT2D eigenvalue weighted by Crippen LogP contribution is -2.21. The Kier molecular flexibility index (Phi) is 3.70. The minimum Gasteiger partial charge on any atom is -0.0737 e. The molecule has 1 aliphatic carbocycles. The molecule has 1 aromatic carbocycles. The van der Waals surface area contributed by atoms with Crippen LogP contribution in [0.5, 0.6) is 0 Å². The fourth-order valence-electron chi connectivity index (χ4n) is 2.44. The molecule has 1 aliphatic rings. The van der Waals surface area contributed by atoms with E-state index in [0.717, 1.165) is 6.42 Å². The predicted molar refractivity (Wildman–Crippen MR) is 74.6 cm³/mol. The van der Waals surface area contributed by atoms with E-state index >= 15 is 0 Å². The average molecular weight is 314 g/mol. The van der Waals surface area contributed by atoms with Crippen molar-refractivity contribution >= 4 is 22.6 Å². The van der Waals surface area contributed by atoms with Crippen LogP contribution < -0.4 is 0 Å². The third-order valence-electron chi connectivity index (χ3n) is 3.53. The van der Waals surface area contributed by atoms with Crippen LogP contribution in [0.1, 0.15) is 50.2 Å². The predicted octanol–water partition coefficient (Wildman–Crippen LogP) is 4.84. The van der Waals surface area contributed by atoms with Crippen molar-refractivity contribution in [2.45, 2.75) is 48.9 Å². The van der Waals surface area contributed by atoms with E-state index in [1.807, 2.05) is 0 Å². The first-order chi connectivity index (χ1) is 7.24. The van der Waals surface area contributed by atoms with E-state index in [0.29, 0.717) is 3.42 Å². The van der Waals surface area contributed by atoms with Gasteiger partial charge in [-0.05, 0) is 30.4 Å². The molecule has 0 bridgehead atoms. The molecule has 82 valence electrons. The largest absolute Gasteiger partial charge is 0.0737 e. The second kappa shape index (κ2) is 4.86. The van der Waals surface area contributed by atoms with Gasteiger partial charge < -0.3 is 0 Å². The maximum absolute atomic E-state index is 2.68. The molecule has 2 rings (SSSR count). The molecule has 0 N–H and O–H groups in total. The number of benzene rings is 1. The third-order valence-corrected chi connectivity index (χ3v) is 5.23. The van der Waals surface area contributed by atoms with Crippen molar-refractivity contribution in [2.75, 3.05) is 0 Å². The summed E-state index contributed by atoms with van der Waals surface area (Å²) in [5.74, 6) is 0. The van der Waals surface area contributed by atoms with Gasteiger partial charge in [0.25, 0.3) is 0 Å². The van der Waals surface area contributed by atoms with Gasteiger partial charge in [0, 0.05) is 3.42 Å². The van der Waals surface area contributed by atoms with Gasteiger partial charge >= 0.3 is 0 Å². The fraction of sp³-hybridized carbons (Fsp3) is 0.571. The quantitative estimate of drug-likeness (QED) is 0.541. The van der Waals surface area contributed by atoms with Crippen molar-refractivity contribution < 1.29 is 0 Å². The zero-order valence-corrected chi connectivity index (χ0v) is 11.6. The Balaban J connectivity index is 2.20. The van der Waals surface area contributed by atoms with Gasteiger partial charge in [-0.2, -0.15) is 0 Å². The van der Waals surface area contributed by atoms with Crippen LogP contribution >= 0.6 is 22.6 Å². The Morgan fingerprint density at radius 2 is 1.67 bits per heavy atom. The summed E-state index contributed by atoms with van der Waals surface area (Å²) in [4.78, 5) is 0. The Morgan fingerprint density at radius 1 is 1.07 bits per heavy atom. The summed E-state index contributed by atoms with van der Waals surface area (Å²) in [5.41, 5.74) is 2.99. The van der Waals surface area contributed by atoms with E-state index in [4.69, 9.17) is 0 Å². The molecular formula is C14H19I. The van der Waals surface area contributed by atoms with Crippen LogP contribution in [-0.4, -0.2) is 0 Å². The second-order valence-corrected chi connectivity index (χ2v) is 6.64. The lowest BCUT2D eigenvalue weighted by atomic mass is 9.83. The van der Waals surface area contributed by atoms with Crippen LogP contribution in [-0.2, 0) is 9.84 Å². The third kappa shape index (κ3) is 2.55. The zero-order valence-electron chi connectivity index (χ0n) is 9.43. The minimum atomic E-state index is 0.433. The van der Waals surface area contributed by atoms with E-state index in [2.05, 4.69) is 53.8 Å². The molecule has 1 aromatic rings. The molecule has 0 atom stereocenters. The van der Waals surface area contributed by atoms with Gasteiger partial charge in [-0.3, -0.25) is 0 Å². The van der Waals surface area contributed by atoms with Crippen LogP contribution in [0.15, 0.2) is 24.3 Å². The summed E-state index contributed by atoms with van der Waals surface area (Å²) in [5, 5.41) is 0. The smallest absolute Gasteiger partial charge is 0.0470 e. The normalized spacial score (nSPS) is 20.1. The van der Waals surface area contributed by atoms with Crippen LogP contribution in [0, 0.1) is 0 Å². The number of hydrogen-bond acceptors (Lipinski definition) is 0. The van der Waals surface area contributed by atoms with Gasteiger partial charge in [-0.15, -0.1) is 0 Å². The molecule has 0 nitrogen and oxygen atoms in total. The maximum Gasteiger partial charge on any atom is 0.0470 e. The molecule has 1 saturated carbocycles. The van der Waals surface area contributed by atoms with Gasteiger partial charge in [-0.1, -0.05) is 73.0 Å². The van der Waals surface area contributed by atoms with Gasteiger partial charge in [0.1, 0.15) is 0 Å². The van der Waals surface area contributed by atoms with E-state index in [9.17, 15) is 0 Å². The molecule has 15 heavy (non-hydrogen) atoms. The number of alkyl halides is 1. The van der Waals surface area contributed by atoms with Crippen molar-refractivity contribution in [1.29, 1.82) is 0 Å². The summed E-state index contributed by atoms with van der Waals surface area (Å²) in [6.07, 6.45) is 8.10. The first kappa shape index (κ1) is 11.4. The molecule has 1 fully saturated rings. The molecule has 0 saturated heterocycles. The Bertz CT molecular complexity index is 307. The number of hydrogen-bond donors (Lipinski definition) is 0. The van der Waals surface area contributed by atoms with E-state index in [-0.39, 0.29) is 0 Å². The summed E-state index contributed by atoms with van der Waals surface area (Å²) in [6.45, 7) is 2.22. The first-order valence-corrected chi connectivity index (χ1v) is 7.11. The Labute approximate surface area is 107 Å². The lowest BCUT2D eigenvalue weighted by molar-refractivity contribution is 0.426. The van der Waals surface area contributed by atoms with Crippen molar-refractivity contribution in [3.8, 4) is 0 Å². The number of halogens is 1. The van der Waals surface area contributed by atoms with E-state index in [1.54, 1.807) is 5.56 Å². The highest BCUT2D eigenvalue weighted by molar-refractivity contribution is 14.1. The van der Waals surface area contributed by atoms with Crippen molar-refractivity contribution in [2.24, 2.45) is 0 Å². The van der Waals surface area contributed by atoms with Gasteiger partial charge in [0.15, 0.2) is 0 Å². The Morgan fingerprint density at radius 3 is 2.20 bits per heavy atom. The summed E-state index contributed by atoms with van der Waals surface area (Å²) in [7, 11) is 0. The van der Waals surface area contributed by atoms with Gasteiger partial charge in [0.05, 0.1) is 0 Å². The first-order valence-electron chi connectivity index (χ1n) is 6.03. The van der Waals surface area contributed by atoms with Crippen LogP contribution in [0.4, 0.5) is 0 Å². The van der Waals surface area contributed by atoms with Crippen LogP contribution in [0.2, 0.25) is 0 Å². The zero-order chi connectivity index (χ0) is 10.7. The molecule has 0 amide bonds. The summed E-state index contributed by atoms with van der Waals surface area (Å²) < 4.78 is 0.433. The fourth-order valence-corrected chi connectivity index (χ4v) is 3.56. The molecule has 0 aromatic heterocycles. The minimum absolute atomic E-state index is 0.433. The molecule has 1 heteroatoms. The Hall–Kier alpha value is -0.0500. The van der Waals surface area contributed by atoms with Crippen molar-refractivity contribution in [1.82, 2.24) is 0 Å². The topological polar surface area (TPSA) is 0 Å². The van der Waals surface area contributed by atoms with Crippen molar-refractivity contribution in [3.05, 3.63) is 35.4 Å². The highest BCUT2D eigenvalue weighted by atomic mass is 127. The SMILES string of the molecule is CCc1ccc(C2(I)CCCCC2)cc1. The highest BCUT2D eigenvalue weighted by Gasteiger charge is 2.30. The molecule has 0 radical (unpaired) electrons. The number of rotatable bonds is 2. The monoisotopic (exact) mass is 314 g/mol. The van der Waals surface area contributed by atoms with E-state index < -0.39 is 0 Å². The molecule has 0 aliphatic heterocycles. The highest BCUT2D eigenvalue weighted by Crippen LogP contribution is 2.44. The summed E-state index contributed by atoms with van der Waals surface area (Å²) >= 11 is 2.68. The standard InChI is InChI=1S/C14H19I/c1-2-12-6-8-13(9-7-12)14(15)10-4-3-5-11-14/h6-9H,2-5,10-11H2,1H3. The van der Waals surface area contributed by atoms with Crippen LogP contribution in [0.3, 0.4) is 0 Å². The molecule has 0 unspecified atom stereocenters. The lowest BCUT2D eigenvalue weighted by Gasteiger charge is -2.32. The molecular weight excluding hydrogens is 295 g/mol. The summed E-state index contributed by atoms with van der Waals surface area (Å²) in [6, 6.07) is 9.28. The van der Waals surface area contributed by atoms with E-state index in [1.165, 1.54) is 37.7 Å². The average Bonchev–Trinajstić information content (AvgIpc) is 2.30. The van der Waals surface area contributed by atoms with Gasteiger partial charge in [0.2, 0.25) is 0 Å². The maximum atomic E-state index is 2.68. The second-order valence-electron chi connectivity index (χ2n) is 4.58. The molecule has 0 heterocycles. The van der Waals surface area contributed by atoms with Crippen molar-refractivity contribution in [3.63, 3.8) is 0 Å². The van der Waals surface area contributed by atoms with Gasteiger partial charge in [-0.25, -0.2) is 0 Å². The number of aryl methyl sites for hydroxylation is 1. The van der Waals surface area contributed by atoms with Crippen LogP contribution in [0.25, 0.3) is 0 Å².